The van der Waals surface area contributed by atoms with E-state index in [2.05, 4.69) is 29.2 Å². The summed E-state index contributed by atoms with van der Waals surface area (Å²) in [6.45, 7) is 1.35. The van der Waals surface area contributed by atoms with Gasteiger partial charge >= 0.3 is 0 Å². The van der Waals surface area contributed by atoms with Gasteiger partial charge in [-0.3, -0.25) is 9.36 Å². The zero-order chi connectivity index (χ0) is 19.5. The van der Waals surface area contributed by atoms with Crippen LogP contribution in [0, 0.1) is 0 Å². The molecule has 4 rings (SSSR count). The Hall–Kier alpha value is -3.28. The zero-order valence-electron chi connectivity index (χ0n) is 15.9. The molecule has 28 heavy (non-hydrogen) atoms. The molecule has 0 radical (unpaired) electrons. The van der Waals surface area contributed by atoms with Gasteiger partial charge in [0.2, 0.25) is 5.95 Å². The number of aromatic nitrogens is 2. The standard InChI is InChI=1S/C22H23N3O3/c1-25-21(26)14-18(24-22(25)23)8-6-15-4-2-5-16(12-15)17-7-9-19-20(13-17)28-11-3-10-27-19/h2,4-5,7,9,12-14H,3,6,8,10-11H2,1H3,(H2,23,24). The van der Waals surface area contributed by atoms with Crippen LogP contribution in [-0.2, 0) is 19.9 Å². The van der Waals surface area contributed by atoms with Crippen LogP contribution in [0.4, 0.5) is 5.95 Å². The van der Waals surface area contributed by atoms with E-state index in [4.69, 9.17) is 15.2 Å². The number of nitrogens with two attached hydrogens (primary N) is 1. The molecule has 3 aromatic rings. The third-order valence-corrected chi connectivity index (χ3v) is 4.90. The third-order valence-electron chi connectivity index (χ3n) is 4.90. The highest BCUT2D eigenvalue weighted by Crippen LogP contribution is 2.34. The summed E-state index contributed by atoms with van der Waals surface area (Å²) in [6, 6.07) is 16.0. The van der Waals surface area contributed by atoms with E-state index in [-0.39, 0.29) is 11.5 Å². The van der Waals surface area contributed by atoms with Crippen molar-refractivity contribution in [3.8, 4) is 22.6 Å². The van der Waals surface area contributed by atoms with Crippen molar-refractivity contribution < 1.29 is 9.47 Å². The Morgan fingerprint density at radius 2 is 1.79 bits per heavy atom. The lowest BCUT2D eigenvalue weighted by Gasteiger charge is -2.11. The van der Waals surface area contributed by atoms with Crippen LogP contribution in [0.2, 0.25) is 0 Å². The fourth-order valence-electron chi connectivity index (χ4n) is 3.26. The molecule has 1 aliphatic heterocycles. The van der Waals surface area contributed by atoms with Crippen LogP contribution < -0.4 is 20.8 Å². The van der Waals surface area contributed by atoms with E-state index >= 15 is 0 Å². The number of fused-ring (bicyclic) bond motifs is 1. The molecule has 1 aromatic heterocycles. The molecular weight excluding hydrogens is 354 g/mol. The second-order valence-corrected chi connectivity index (χ2v) is 6.92. The van der Waals surface area contributed by atoms with Gasteiger partial charge in [0, 0.05) is 19.5 Å². The molecule has 0 saturated carbocycles. The monoisotopic (exact) mass is 377 g/mol. The summed E-state index contributed by atoms with van der Waals surface area (Å²) in [4.78, 5) is 16.2. The molecule has 0 bridgehead atoms. The highest BCUT2D eigenvalue weighted by atomic mass is 16.5. The SMILES string of the molecule is Cn1c(N)nc(CCc2cccc(-c3ccc4c(c3)OCCCO4)c2)cc1=O. The Labute approximate surface area is 163 Å². The van der Waals surface area contributed by atoms with Crippen LogP contribution in [0.3, 0.4) is 0 Å². The molecular formula is C22H23N3O3. The summed E-state index contributed by atoms with van der Waals surface area (Å²) in [5, 5.41) is 0. The van der Waals surface area contributed by atoms with Gasteiger partial charge in [-0.05, 0) is 41.7 Å². The van der Waals surface area contributed by atoms with Crippen molar-refractivity contribution in [1.29, 1.82) is 0 Å². The normalized spacial score (nSPS) is 13.2. The fourth-order valence-corrected chi connectivity index (χ4v) is 3.26. The Morgan fingerprint density at radius 3 is 2.61 bits per heavy atom. The van der Waals surface area contributed by atoms with E-state index in [9.17, 15) is 4.79 Å². The second-order valence-electron chi connectivity index (χ2n) is 6.92. The van der Waals surface area contributed by atoms with E-state index in [1.807, 2.05) is 18.2 Å². The van der Waals surface area contributed by atoms with Gasteiger partial charge in [0.15, 0.2) is 11.5 Å². The average molecular weight is 377 g/mol. The number of aryl methyl sites for hydroxylation is 2. The summed E-state index contributed by atoms with van der Waals surface area (Å²) in [5.74, 6) is 1.83. The second kappa shape index (κ2) is 7.76. The molecule has 0 fully saturated rings. The third kappa shape index (κ3) is 3.86. The Morgan fingerprint density at radius 1 is 1.00 bits per heavy atom. The molecule has 6 nitrogen and oxygen atoms in total. The lowest BCUT2D eigenvalue weighted by atomic mass is 10.00. The molecule has 0 aliphatic carbocycles. The van der Waals surface area contributed by atoms with Gasteiger partial charge in [-0.1, -0.05) is 30.3 Å². The largest absolute Gasteiger partial charge is 0.490 e. The predicted molar refractivity (Wildman–Crippen MR) is 109 cm³/mol. The summed E-state index contributed by atoms with van der Waals surface area (Å²) < 4.78 is 12.9. The molecule has 144 valence electrons. The van der Waals surface area contributed by atoms with E-state index < -0.39 is 0 Å². The fraction of sp³-hybridized carbons (Fsp3) is 0.273. The van der Waals surface area contributed by atoms with E-state index in [0.717, 1.165) is 35.5 Å². The van der Waals surface area contributed by atoms with Crippen molar-refractivity contribution in [2.75, 3.05) is 18.9 Å². The molecule has 6 heteroatoms. The molecule has 2 heterocycles. The lowest BCUT2D eigenvalue weighted by molar-refractivity contribution is 0.297. The Bertz CT molecular complexity index is 1060. The average Bonchev–Trinajstić information content (AvgIpc) is 2.95. The number of rotatable bonds is 4. The lowest BCUT2D eigenvalue weighted by Crippen LogP contribution is -2.21. The summed E-state index contributed by atoms with van der Waals surface area (Å²) in [6.07, 6.45) is 2.32. The maximum atomic E-state index is 11.9. The van der Waals surface area contributed by atoms with Gasteiger partial charge in [-0.2, -0.15) is 0 Å². The van der Waals surface area contributed by atoms with Crippen molar-refractivity contribution in [3.63, 3.8) is 0 Å². The van der Waals surface area contributed by atoms with Gasteiger partial charge in [-0.15, -0.1) is 0 Å². The smallest absolute Gasteiger partial charge is 0.254 e. The molecule has 0 amide bonds. The maximum absolute atomic E-state index is 11.9. The van der Waals surface area contributed by atoms with Crippen LogP contribution in [0.25, 0.3) is 11.1 Å². The minimum Gasteiger partial charge on any atom is -0.490 e. The minimum absolute atomic E-state index is 0.136. The highest BCUT2D eigenvalue weighted by Gasteiger charge is 2.12. The van der Waals surface area contributed by atoms with Crippen molar-refractivity contribution >= 4 is 5.95 Å². The molecule has 2 aromatic carbocycles. The van der Waals surface area contributed by atoms with Crippen molar-refractivity contribution in [3.05, 3.63) is 70.1 Å². The van der Waals surface area contributed by atoms with E-state index in [1.54, 1.807) is 13.1 Å². The first-order valence-electron chi connectivity index (χ1n) is 9.41. The quantitative estimate of drug-likeness (QED) is 0.756. The number of hydrogen-bond donors (Lipinski definition) is 1. The van der Waals surface area contributed by atoms with E-state index in [1.165, 1.54) is 10.1 Å². The first kappa shape index (κ1) is 18.1. The first-order chi connectivity index (χ1) is 13.6. The van der Waals surface area contributed by atoms with Crippen LogP contribution >= 0.6 is 0 Å². The molecule has 0 spiro atoms. The molecule has 0 saturated heterocycles. The molecule has 1 aliphatic rings. The number of anilines is 1. The Kier molecular flexibility index (Phi) is 5.02. The van der Waals surface area contributed by atoms with Gasteiger partial charge < -0.3 is 15.2 Å². The topological polar surface area (TPSA) is 79.4 Å². The van der Waals surface area contributed by atoms with Gasteiger partial charge in [-0.25, -0.2) is 4.98 Å². The maximum Gasteiger partial charge on any atom is 0.254 e. The molecule has 2 N–H and O–H groups in total. The number of ether oxygens (including phenoxy) is 2. The molecule has 0 unspecified atom stereocenters. The predicted octanol–water partition coefficient (Wildman–Crippen LogP) is 2.98. The number of nitrogen functional groups attached to an aromatic ring is 1. The van der Waals surface area contributed by atoms with Crippen molar-refractivity contribution in [1.82, 2.24) is 9.55 Å². The van der Waals surface area contributed by atoms with Gasteiger partial charge in [0.1, 0.15) is 0 Å². The summed E-state index contributed by atoms with van der Waals surface area (Å²) in [7, 11) is 1.62. The number of benzene rings is 2. The van der Waals surface area contributed by atoms with E-state index in [0.29, 0.717) is 25.3 Å². The highest BCUT2D eigenvalue weighted by molar-refractivity contribution is 5.68. The first-order valence-corrected chi connectivity index (χ1v) is 9.41. The summed E-state index contributed by atoms with van der Waals surface area (Å²) >= 11 is 0. The Balaban J connectivity index is 1.53. The van der Waals surface area contributed by atoms with Crippen LogP contribution in [0.1, 0.15) is 17.7 Å². The number of hydrogen-bond acceptors (Lipinski definition) is 5. The van der Waals surface area contributed by atoms with Gasteiger partial charge in [0.05, 0.1) is 18.9 Å². The minimum atomic E-state index is -0.136. The van der Waals surface area contributed by atoms with Crippen LogP contribution in [-0.4, -0.2) is 22.8 Å². The number of nitrogens with zero attached hydrogens (tertiary/aromatic N) is 2. The van der Waals surface area contributed by atoms with Crippen molar-refractivity contribution in [2.45, 2.75) is 19.3 Å². The van der Waals surface area contributed by atoms with Crippen molar-refractivity contribution in [2.24, 2.45) is 7.05 Å². The zero-order valence-corrected chi connectivity index (χ0v) is 15.9. The van der Waals surface area contributed by atoms with Gasteiger partial charge in [0.25, 0.3) is 5.56 Å². The van der Waals surface area contributed by atoms with Crippen LogP contribution in [0.15, 0.2) is 53.3 Å². The molecule has 0 atom stereocenters. The summed E-state index contributed by atoms with van der Waals surface area (Å²) in [5.41, 5.74) is 9.73. The van der Waals surface area contributed by atoms with Crippen LogP contribution in [0.5, 0.6) is 11.5 Å².